The number of hydrogen-bond acceptors (Lipinski definition) is 2. The average molecular weight is 280 g/mol. The molecule has 1 heterocycles. The molecule has 1 saturated carbocycles. The van der Waals surface area contributed by atoms with Gasteiger partial charge >= 0.3 is 0 Å². The largest absolute Gasteiger partial charge is 0.508 e. The monoisotopic (exact) mass is 280 g/mol. The third-order valence-corrected chi connectivity index (χ3v) is 4.98. The molecular weight excluding hydrogens is 260 g/mol. The van der Waals surface area contributed by atoms with Crippen LogP contribution in [-0.4, -0.2) is 5.11 Å². The van der Waals surface area contributed by atoms with E-state index in [4.69, 9.17) is 4.74 Å². The van der Waals surface area contributed by atoms with Crippen molar-refractivity contribution in [2.75, 3.05) is 0 Å². The van der Waals surface area contributed by atoms with Crippen LogP contribution in [0.25, 0.3) is 0 Å². The Balaban J connectivity index is 1.79. The molecule has 0 radical (unpaired) electrons. The molecule has 1 aliphatic carbocycles. The minimum Gasteiger partial charge on any atom is -0.508 e. The van der Waals surface area contributed by atoms with Crippen molar-refractivity contribution in [3.05, 3.63) is 59.2 Å². The van der Waals surface area contributed by atoms with E-state index in [2.05, 4.69) is 31.2 Å². The molecule has 2 aromatic rings. The van der Waals surface area contributed by atoms with Crippen LogP contribution in [0, 0.1) is 12.8 Å². The Bertz CT molecular complexity index is 677. The van der Waals surface area contributed by atoms with Crippen LogP contribution in [0.15, 0.2) is 42.5 Å². The molecule has 0 spiro atoms. The Morgan fingerprint density at radius 2 is 2.00 bits per heavy atom. The van der Waals surface area contributed by atoms with E-state index < -0.39 is 0 Å². The van der Waals surface area contributed by atoms with Gasteiger partial charge in [0.1, 0.15) is 17.6 Å². The fourth-order valence-corrected chi connectivity index (χ4v) is 4.06. The number of aromatic hydroxyl groups is 1. The number of phenolic OH excluding ortho intramolecular Hbond substituents is 1. The molecule has 0 bridgehead atoms. The normalized spacial score (nSPS) is 26.8. The summed E-state index contributed by atoms with van der Waals surface area (Å²) >= 11 is 0. The molecular formula is C19H20O2. The van der Waals surface area contributed by atoms with Crippen LogP contribution in [-0.2, 0) is 0 Å². The lowest BCUT2D eigenvalue weighted by Gasteiger charge is -2.36. The molecule has 0 unspecified atom stereocenters. The van der Waals surface area contributed by atoms with Gasteiger partial charge in [0.05, 0.1) is 0 Å². The fraction of sp³-hybridized carbons (Fsp3) is 0.368. The molecule has 108 valence electrons. The molecule has 21 heavy (non-hydrogen) atoms. The number of aryl methyl sites for hydroxylation is 1. The fourth-order valence-electron chi connectivity index (χ4n) is 4.06. The molecule has 4 rings (SSSR count). The Morgan fingerprint density at radius 1 is 1.10 bits per heavy atom. The SMILES string of the molecule is Cc1cccc([C@H]2Oc3ccc(O)cc3[C@H]3CCC[C@H]32)c1. The standard InChI is InChI=1S/C19H20O2/c1-12-4-2-5-13(10-12)19-16-7-3-6-15(16)17-11-14(20)8-9-18(17)21-19/h2,4-5,8-11,15-16,19-20H,3,6-7H2,1H3/t15-,16+,19+/m0/s1. The average Bonchev–Trinajstić information content (AvgIpc) is 2.96. The summed E-state index contributed by atoms with van der Waals surface area (Å²) in [5.41, 5.74) is 3.76. The molecule has 1 fully saturated rings. The number of fused-ring (bicyclic) bond motifs is 3. The van der Waals surface area contributed by atoms with Gasteiger partial charge in [-0.2, -0.15) is 0 Å². The van der Waals surface area contributed by atoms with Crippen molar-refractivity contribution in [3.8, 4) is 11.5 Å². The highest BCUT2D eigenvalue weighted by molar-refractivity contribution is 5.45. The van der Waals surface area contributed by atoms with Crippen LogP contribution >= 0.6 is 0 Å². The lowest BCUT2D eigenvalue weighted by atomic mass is 9.80. The van der Waals surface area contributed by atoms with Gasteiger partial charge in [-0.25, -0.2) is 0 Å². The maximum atomic E-state index is 9.77. The quantitative estimate of drug-likeness (QED) is 0.819. The smallest absolute Gasteiger partial charge is 0.127 e. The van der Waals surface area contributed by atoms with E-state index in [9.17, 15) is 5.11 Å². The zero-order valence-electron chi connectivity index (χ0n) is 12.3. The second-order valence-corrected chi connectivity index (χ2v) is 6.38. The minimum atomic E-state index is 0.148. The maximum absolute atomic E-state index is 9.77. The summed E-state index contributed by atoms with van der Waals surface area (Å²) in [5.74, 6) is 2.34. The first-order valence-electron chi connectivity index (χ1n) is 7.78. The molecule has 2 heteroatoms. The van der Waals surface area contributed by atoms with Crippen molar-refractivity contribution in [1.29, 1.82) is 0 Å². The summed E-state index contributed by atoms with van der Waals surface area (Å²) in [6.07, 6.45) is 3.80. The topological polar surface area (TPSA) is 29.5 Å². The van der Waals surface area contributed by atoms with E-state index in [1.165, 1.54) is 36.0 Å². The summed E-state index contributed by atoms with van der Waals surface area (Å²) in [6.45, 7) is 2.13. The highest BCUT2D eigenvalue weighted by Crippen LogP contribution is 2.54. The number of rotatable bonds is 1. The lowest BCUT2D eigenvalue weighted by Crippen LogP contribution is -2.26. The summed E-state index contributed by atoms with van der Waals surface area (Å²) < 4.78 is 6.33. The van der Waals surface area contributed by atoms with E-state index in [1.54, 1.807) is 6.07 Å². The van der Waals surface area contributed by atoms with E-state index in [-0.39, 0.29) is 6.10 Å². The van der Waals surface area contributed by atoms with Crippen LogP contribution < -0.4 is 4.74 Å². The van der Waals surface area contributed by atoms with E-state index in [0.717, 1.165) is 5.75 Å². The Hall–Kier alpha value is -1.96. The number of benzene rings is 2. The third-order valence-electron chi connectivity index (χ3n) is 4.98. The predicted octanol–water partition coefficient (Wildman–Crippen LogP) is 4.72. The minimum absolute atomic E-state index is 0.148. The number of hydrogen-bond donors (Lipinski definition) is 1. The first-order valence-corrected chi connectivity index (χ1v) is 7.78. The van der Waals surface area contributed by atoms with Crippen LogP contribution in [0.2, 0.25) is 0 Å². The molecule has 1 N–H and O–H groups in total. The van der Waals surface area contributed by atoms with Gasteiger partial charge in [-0.05, 0) is 49.4 Å². The van der Waals surface area contributed by atoms with Crippen molar-refractivity contribution in [2.24, 2.45) is 5.92 Å². The van der Waals surface area contributed by atoms with Gasteiger partial charge in [0.25, 0.3) is 0 Å². The van der Waals surface area contributed by atoms with Crippen molar-refractivity contribution in [3.63, 3.8) is 0 Å². The number of ether oxygens (including phenoxy) is 1. The van der Waals surface area contributed by atoms with Crippen molar-refractivity contribution in [2.45, 2.75) is 38.2 Å². The molecule has 0 saturated heterocycles. The summed E-state index contributed by atoms with van der Waals surface area (Å²) in [5, 5.41) is 9.77. The first-order chi connectivity index (χ1) is 10.2. The second-order valence-electron chi connectivity index (χ2n) is 6.38. The highest BCUT2D eigenvalue weighted by Gasteiger charge is 2.41. The van der Waals surface area contributed by atoms with E-state index >= 15 is 0 Å². The Kier molecular flexibility index (Phi) is 2.91. The van der Waals surface area contributed by atoms with Crippen molar-refractivity contribution >= 4 is 0 Å². The van der Waals surface area contributed by atoms with Crippen molar-refractivity contribution < 1.29 is 9.84 Å². The zero-order valence-corrected chi connectivity index (χ0v) is 12.3. The van der Waals surface area contributed by atoms with Crippen LogP contribution in [0.3, 0.4) is 0 Å². The lowest BCUT2D eigenvalue weighted by molar-refractivity contribution is 0.104. The van der Waals surface area contributed by atoms with Crippen molar-refractivity contribution in [1.82, 2.24) is 0 Å². The molecule has 2 aliphatic rings. The van der Waals surface area contributed by atoms with Gasteiger partial charge in [-0.1, -0.05) is 36.2 Å². The summed E-state index contributed by atoms with van der Waals surface area (Å²) in [6, 6.07) is 14.2. The maximum Gasteiger partial charge on any atom is 0.127 e. The van der Waals surface area contributed by atoms with Gasteiger partial charge in [-0.3, -0.25) is 0 Å². The Morgan fingerprint density at radius 3 is 2.86 bits per heavy atom. The predicted molar refractivity (Wildman–Crippen MR) is 82.7 cm³/mol. The first kappa shape index (κ1) is 12.8. The molecule has 3 atom stereocenters. The van der Waals surface area contributed by atoms with E-state index in [1.807, 2.05) is 12.1 Å². The molecule has 0 amide bonds. The van der Waals surface area contributed by atoms with Gasteiger partial charge in [0.15, 0.2) is 0 Å². The summed E-state index contributed by atoms with van der Waals surface area (Å²) in [7, 11) is 0. The van der Waals surface area contributed by atoms with Gasteiger partial charge in [0, 0.05) is 11.5 Å². The zero-order chi connectivity index (χ0) is 14.4. The summed E-state index contributed by atoms with van der Waals surface area (Å²) in [4.78, 5) is 0. The van der Waals surface area contributed by atoms with Crippen LogP contribution in [0.1, 0.15) is 48.0 Å². The second kappa shape index (κ2) is 4.80. The van der Waals surface area contributed by atoms with Gasteiger partial charge < -0.3 is 9.84 Å². The molecule has 1 aliphatic heterocycles. The third kappa shape index (κ3) is 2.10. The van der Waals surface area contributed by atoms with E-state index in [0.29, 0.717) is 17.6 Å². The van der Waals surface area contributed by atoms with Crippen LogP contribution in [0.5, 0.6) is 11.5 Å². The number of phenols is 1. The van der Waals surface area contributed by atoms with Gasteiger partial charge in [0.2, 0.25) is 0 Å². The highest BCUT2D eigenvalue weighted by atomic mass is 16.5. The van der Waals surface area contributed by atoms with Crippen LogP contribution in [0.4, 0.5) is 0 Å². The van der Waals surface area contributed by atoms with Gasteiger partial charge in [-0.15, -0.1) is 0 Å². The molecule has 0 aromatic heterocycles. The molecule has 2 nitrogen and oxygen atoms in total. The molecule has 2 aromatic carbocycles. The Labute approximate surface area is 125 Å².